The fourth-order valence-electron chi connectivity index (χ4n) is 9.25. The van der Waals surface area contributed by atoms with Gasteiger partial charge < -0.3 is 0 Å². The van der Waals surface area contributed by atoms with E-state index in [0.717, 1.165) is 0 Å². The van der Waals surface area contributed by atoms with Crippen molar-refractivity contribution in [1.82, 2.24) is 0 Å². The van der Waals surface area contributed by atoms with Crippen molar-refractivity contribution in [3.05, 3.63) is 181 Å². The molecule has 1 heteroatoms. The number of hydrogen-bond acceptors (Lipinski definition) is 1. The van der Waals surface area contributed by atoms with Gasteiger partial charge in [0.15, 0.2) is 0 Å². The van der Waals surface area contributed by atoms with Crippen molar-refractivity contribution in [1.29, 1.82) is 0 Å². The highest BCUT2D eigenvalue weighted by atomic mass is 32.1. The van der Waals surface area contributed by atoms with Crippen molar-refractivity contribution in [2.24, 2.45) is 0 Å². The third-order valence-corrected chi connectivity index (χ3v) is 12.8. The van der Waals surface area contributed by atoms with Crippen LogP contribution in [0.2, 0.25) is 0 Å². The second-order valence-electron chi connectivity index (χ2n) is 14.8. The Balaban J connectivity index is 1.03. The third-order valence-electron chi connectivity index (χ3n) is 11.6. The zero-order chi connectivity index (χ0) is 34.6. The van der Waals surface area contributed by atoms with Crippen molar-refractivity contribution >= 4 is 63.8 Å². The Morgan fingerprint density at radius 3 is 1.62 bits per heavy atom. The van der Waals surface area contributed by atoms with Crippen LogP contribution < -0.4 is 0 Å². The van der Waals surface area contributed by atoms with Gasteiger partial charge in [-0.2, -0.15) is 0 Å². The number of thiophene rings is 1. The van der Waals surface area contributed by atoms with Crippen LogP contribution in [0.5, 0.6) is 0 Å². The van der Waals surface area contributed by atoms with Crippen LogP contribution in [0, 0.1) is 0 Å². The van der Waals surface area contributed by atoms with Gasteiger partial charge in [-0.05, 0) is 100 Å². The lowest BCUT2D eigenvalue weighted by molar-refractivity contribution is 0.667. The smallest absolute Gasteiger partial charge is 0.0402 e. The van der Waals surface area contributed by atoms with Gasteiger partial charge in [0.1, 0.15) is 0 Å². The second-order valence-corrected chi connectivity index (χ2v) is 15.8. The molecular formula is C51H34S. The Kier molecular flexibility index (Phi) is 6.27. The van der Waals surface area contributed by atoms with Gasteiger partial charge in [-0.25, -0.2) is 0 Å². The highest BCUT2D eigenvalue weighted by Gasteiger charge is 2.38. The fourth-order valence-corrected chi connectivity index (χ4v) is 10.7. The normalized spacial score (nSPS) is 13.3. The Bertz CT molecular complexity index is 3010. The first-order chi connectivity index (χ1) is 25.6. The van der Waals surface area contributed by atoms with E-state index < -0.39 is 0 Å². The lowest BCUT2D eigenvalue weighted by Gasteiger charge is -2.23. The molecule has 1 aliphatic carbocycles. The van der Waals surface area contributed by atoms with Crippen molar-refractivity contribution < 1.29 is 0 Å². The SMILES string of the molecule is CC1(C)c2cc(-c3ccc(-c4c5ccccc5c(-c5ccccc5)c5ccccc45)cc3)ccc2-c2ccc3c(sc4ccc5ccccc5c43)c21. The molecule has 0 nitrogen and oxygen atoms in total. The van der Waals surface area contributed by atoms with Crippen LogP contribution in [0.15, 0.2) is 170 Å². The summed E-state index contributed by atoms with van der Waals surface area (Å²) in [5.41, 5.74) is 13.1. The highest BCUT2D eigenvalue weighted by Crippen LogP contribution is 2.55. The molecule has 0 fully saturated rings. The molecule has 0 spiro atoms. The molecule has 52 heavy (non-hydrogen) atoms. The van der Waals surface area contributed by atoms with E-state index in [1.807, 2.05) is 11.3 Å². The maximum absolute atomic E-state index is 2.46. The molecule has 0 saturated carbocycles. The predicted molar refractivity (Wildman–Crippen MR) is 226 cm³/mol. The molecule has 11 rings (SSSR count). The zero-order valence-corrected chi connectivity index (χ0v) is 29.9. The first-order valence-corrected chi connectivity index (χ1v) is 19.0. The molecule has 1 heterocycles. The molecular weight excluding hydrogens is 645 g/mol. The monoisotopic (exact) mass is 678 g/mol. The van der Waals surface area contributed by atoms with E-state index in [-0.39, 0.29) is 5.41 Å². The van der Waals surface area contributed by atoms with Crippen molar-refractivity contribution in [3.8, 4) is 44.5 Å². The van der Waals surface area contributed by atoms with E-state index in [1.54, 1.807) is 0 Å². The number of fused-ring (bicyclic) bond motifs is 11. The molecule has 0 saturated heterocycles. The van der Waals surface area contributed by atoms with Crippen LogP contribution >= 0.6 is 11.3 Å². The van der Waals surface area contributed by atoms with Gasteiger partial charge in [0, 0.05) is 25.6 Å². The van der Waals surface area contributed by atoms with Gasteiger partial charge in [-0.3, -0.25) is 0 Å². The summed E-state index contributed by atoms with van der Waals surface area (Å²) in [6, 6.07) is 63.2. The average molecular weight is 679 g/mol. The Hall–Kier alpha value is -6.02. The first-order valence-electron chi connectivity index (χ1n) is 18.2. The van der Waals surface area contributed by atoms with Crippen LogP contribution in [0.3, 0.4) is 0 Å². The summed E-state index contributed by atoms with van der Waals surface area (Å²) in [6.07, 6.45) is 0. The quantitative estimate of drug-likeness (QED) is 0.163. The number of hydrogen-bond donors (Lipinski definition) is 0. The Morgan fingerprint density at radius 2 is 0.942 bits per heavy atom. The largest absolute Gasteiger partial charge is 0.135 e. The topological polar surface area (TPSA) is 0 Å². The summed E-state index contributed by atoms with van der Waals surface area (Å²) in [6.45, 7) is 4.84. The molecule has 10 aromatic rings. The second kappa shape index (κ2) is 11.0. The Labute approximate surface area is 307 Å². The van der Waals surface area contributed by atoms with Gasteiger partial charge in [-0.1, -0.05) is 172 Å². The van der Waals surface area contributed by atoms with Crippen molar-refractivity contribution in [3.63, 3.8) is 0 Å². The zero-order valence-electron chi connectivity index (χ0n) is 29.1. The minimum Gasteiger partial charge on any atom is -0.135 e. The molecule has 0 bridgehead atoms. The summed E-state index contributed by atoms with van der Waals surface area (Å²) < 4.78 is 2.79. The lowest BCUT2D eigenvalue weighted by Crippen LogP contribution is -2.15. The van der Waals surface area contributed by atoms with Gasteiger partial charge in [-0.15, -0.1) is 11.3 Å². The van der Waals surface area contributed by atoms with E-state index in [2.05, 4.69) is 184 Å². The summed E-state index contributed by atoms with van der Waals surface area (Å²) in [7, 11) is 0. The van der Waals surface area contributed by atoms with Crippen molar-refractivity contribution in [2.45, 2.75) is 19.3 Å². The molecule has 0 N–H and O–H groups in total. The molecule has 1 aromatic heterocycles. The van der Waals surface area contributed by atoms with Crippen LogP contribution in [0.1, 0.15) is 25.0 Å². The van der Waals surface area contributed by atoms with Gasteiger partial charge in [0.25, 0.3) is 0 Å². The molecule has 1 aliphatic rings. The van der Waals surface area contributed by atoms with Gasteiger partial charge in [0.05, 0.1) is 0 Å². The van der Waals surface area contributed by atoms with Crippen LogP contribution in [0.4, 0.5) is 0 Å². The molecule has 0 atom stereocenters. The molecule has 0 unspecified atom stereocenters. The van der Waals surface area contributed by atoms with E-state index in [0.29, 0.717) is 0 Å². The molecule has 0 radical (unpaired) electrons. The van der Waals surface area contributed by atoms with Crippen LogP contribution in [-0.4, -0.2) is 0 Å². The standard InChI is InChI=1S/C51H34S/c1-51(2)44-30-35(24-26-37(44)42-27-28-43-48-36-15-7-6-12-32(36)25-29-45(48)52-50(43)49(42)51)31-20-22-34(23-21-31)47-40-18-10-8-16-38(40)46(33-13-4-3-5-14-33)39-17-9-11-19-41(39)47/h3-30H,1-2H3. The van der Waals surface area contributed by atoms with Crippen molar-refractivity contribution in [2.75, 3.05) is 0 Å². The van der Waals surface area contributed by atoms with Gasteiger partial charge in [0.2, 0.25) is 0 Å². The maximum Gasteiger partial charge on any atom is 0.0402 e. The van der Waals surface area contributed by atoms with Gasteiger partial charge >= 0.3 is 0 Å². The maximum atomic E-state index is 2.46. The average Bonchev–Trinajstić information content (AvgIpc) is 3.69. The van der Waals surface area contributed by atoms with Crippen LogP contribution in [-0.2, 0) is 5.41 Å². The van der Waals surface area contributed by atoms with E-state index in [9.17, 15) is 0 Å². The minimum absolute atomic E-state index is 0.116. The predicted octanol–water partition coefficient (Wildman–Crippen LogP) is 14.8. The first kappa shape index (κ1) is 29.7. The number of benzene rings is 9. The van der Waals surface area contributed by atoms with E-state index in [1.165, 1.54) is 108 Å². The molecule has 0 aliphatic heterocycles. The molecule has 244 valence electrons. The molecule has 0 amide bonds. The molecule has 9 aromatic carbocycles. The summed E-state index contributed by atoms with van der Waals surface area (Å²) in [4.78, 5) is 0. The summed E-state index contributed by atoms with van der Waals surface area (Å²) in [5, 5.41) is 10.6. The highest BCUT2D eigenvalue weighted by molar-refractivity contribution is 7.26. The summed E-state index contributed by atoms with van der Waals surface area (Å²) >= 11 is 1.96. The lowest BCUT2D eigenvalue weighted by atomic mass is 9.81. The van der Waals surface area contributed by atoms with Crippen LogP contribution in [0.25, 0.3) is 97.0 Å². The third kappa shape index (κ3) is 4.15. The Morgan fingerprint density at radius 1 is 0.404 bits per heavy atom. The van der Waals surface area contributed by atoms with E-state index >= 15 is 0 Å². The summed E-state index contributed by atoms with van der Waals surface area (Å²) in [5.74, 6) is 0. The fraction of sp³-hybridized carbons (Fsp3) is 0.0588. The number of rotatable bonds is 3. The van der Waals surface area contributed by atoms with E-state index in [4.69, 9.17) is 0 Å². The minimum atomic E-state index is -0.116.